The highest BCUT2D eigenvalue weighted by Gasteiger charge is 2.25. The Hall–Kier alpha value is -1.59. The summed E-state index contributed by atoms with van der Waals surface area (Å²) in [7, 11) is 1.88. The van der Waals surface area contributed by atoms with E-state index >= 15 is 0 Å². The van der Waals surface area contributed by atoms with Gasteiger partial charge in [-0.1, -0.05) is 6.07 Å². The summed E-state index contributed by atoms with van der Waals surface area (Å²) >= 11 is 0. The zero-order valence-electron chi connectivity index (χ0n) is 10.3. The summed E-state index contributed by atoms with van der Waals surface area (Å²) in [5, 5.41) is 3.20. The van der Waals surface area contributed by atoms with Crippen molar-refractivity contribution in [1.29, 1.82) is 0 Å². The monoisotopic (exact) mass is 234 g/mol. The van der Waals surface area contributed by atoms with Gasteiger partial charge in [-0.25, -0.2) is 4.79 Å². The zero-order valence-corrected chi connectivity index (χ0v) is 10.3. The molecule has 1 aromatic carbocycles. The highest BCUT2D eigenvalue weighted by molar-refractivity contribution is 5.75. The number of imidazole rings is 1. The molecule has 0 spiro atoms. The van der Waals surface area contributed by atoms with Crippen LogP contribution in [0.15, 0.2) is 23.0 Å². The lowest BCUT2D eigenvalue weighted by Gasteiger charge is -2.30. The minimum Gasteiger partial charge on any atom is -0.324 e. The van der Waals surface area contributed by atoms with E-state index in [2.05, 4.69) is 15.3 Å². The van der Waals surface area contributed by atoms with Crippen LogP contribution in [0.4, 0.5) is 0 Å². The molecular weight excluding hydrogens is 216 g/mol. The van der Waals surface area contributed by atoms with Crippen molar-refractivity contribution in [3.63, 3.8) is 0 Å². The molecule has 5 nitrogen and oxygen atoms in total. The Morgan fingerprint density at radius 3 is 2.53 bits per heavy atom. The van der Waals surface area contributed by atoms with E-state index in [4.69, 9.17) is 5.73 Å². The van der Waals surface area contributed by atoms with Crippen LogP contribution in [-0.2, 0) is 0 Å². The van der Waals surface area contributed by atoms with Gasteiger partial charge >= 0.3 is 5.69 Å². The van der Waals surface area contributed by atoms with Crippen molar-refractivity contribution in [2.45, 2.75) is 25.4 Å². The lowest BCUT2D eigenvalue weighted by Crippen LogP contribution is -2.45. The maximum absolute atomic E-state index is 11.2. The first-order valence-electron chi connectivity index (χ1n) is 5.60. The number of aromatic nitrogens is 2. The highest BCUT2D eigenvalue weighted by atomic mass is 16.1. The Balaban J connectivity index is 2.51. The number of hydrogen-bond acceptors (Lipinski definition) is 3. The van der Waals surface area contributed by atoms with E-state index in [1.807, 2.05) is 39.1 Å². The van der Waals surface area contributed by atoms with Crippen molar-refractivity contribution in [3.05, 3.63) is 34.2 Å². The molecule has 1 heterocycles. The van der Waals surface area contributed by atoms with E-state index in [1.165, 1.54) is 0 Å². The maximum Gasteiger partial charge on any atom is 0.323 e. The van der Waals surface area contributed by atoms with Crippen molar-refractivity contribution in [3.8, 4) is 0 Å². The Morgan fingerprint density at radius 2 is 1.94 bits per heavy atom. The molecule has 0 saturated heterocycles. The second kappa shape index (κ2) is 4.01. The third-order valence-corrected chi connectivity index (χ3v) is 2.91. The highest BCUT2D eigenvalue weighted by Crippen LogP contribution is 2.24. The topological polar surface area (TPSA) is 86.7 Å². The molecule has 1 aromatic heterocycles. The summed E-state index contributed by atoms with van der Waals surface area (Å²) in [5.41, 5.74) is 8.23. The van der Waals surface area contributed by atoms with Gasteiger partial charge in [0.15, 0.2) is 0 Å². The minimum atomic E-state index is -0.376. The molecular formula is C12H18N4O. The number of likely N-dealkylation sites (N-methyl/N-ethyl adjacent to an activating group) is 1. The Labute approximate surface area is 99.4 Å². The van der Waals surface area contributed by atoms with Crippen LogP contribution >= 0.6 is 0 Å². The lowest BCUT2D eigenvalue weighted by atomic mass is 9.89. The quantitative estimate of drug-likeness (QED) is 0.635. The molecule has 0 aliphatic rings. The molecule has 0 fully saturated rings. The summed E-state index contributed by atoms with van der Waals surface area (Å²) in [6.45, 7) is 3.94. The Kier molecular flexibility index (Phi) is 2.81. The fourth-order valence-electron chi connectivity index (χ4n) is 2.20. The van der Waals surface area contributed by atoms with Gasteiger partial charge in [-0.3, -0.25) is 0 Å². The van der Waals surface area contributed by atoms with Crippen molar-refractivity contribution in [2.24, 2.45) is 5.73 Å². The van der Waals surface area contributed by atoms with Crippen LogP contribution in [-0.4, -0.2) is 22.6 Å². The van der Waals surface area contributed by atoms with Crippen LogP contribution < -0.4 is 16.7 Å². The lowest BCUT2D eigenvalue weighted by molar-refractivity contribution is 0.370. The van der Waals surface area contributed by atoms with E-state index in [1.54, 1.807) is 0 Å². The predicted octanol–water partition coefficient (Wildman–Crippen LogP) is 0.854. The minimum absolute atomic E-state index is 0.0327. The Morgan fingerprint density at radius 1 is 1.29 bits per heavy atom. The van der Waals surface area contributed by atoms with E-state index in [9.17, 15) is 4.79 Å². The smallest absolute Gasteiger partial charge is 0.323 e. The van der Waals surface area contributed by atoms with E-state index in [0.717, 1.165) is 16.6 Å². The fraction of sp³-hybridized carbons (Fsp3) is 0.417. The Bertz CT molecular complexity index is 576. The summed E-state index contributed by atoms with van der Waals surface area (Å²) in [5.74, 6) is 0. The molecule has 0 radical (unpaired) electrons. The number of nitrogens with one attached hydrogen (secondary N) is 3. The number of benzene rings is 1. The first kappa shape index (κ1) is 11.9. The molecule has 1 atom stereocenters. The summed E-state index contributed by atoms with van der Waals surface area (Å²) in [6, 6.07) is 5.84. The number of fused-ring (bicyclic) bond motifs is 1. The predicted molar refractivity (Wildman–Crippen MR) is 69.0 cm³/mol. The molecule has 2 aromatic rings. The maximum atomic E-state index is 11.2. The molecule has 5 N–H and O–H groups in total. The van der Waals surface area contributed by atoms with Gasteiger partial charge in [-0.2, -0.15) is 0 Å². The van der Waals surface area contributed by atoms with Crippen LogP contribution in [0.5, 0.6) is 0 Å². The van der Waals surface area contributed by atoms with Crippen molar-refractivity contribution < 1.29 is 0 Å². The average Bonchev–Trinajstić information content (AvgIpc) is 2.56. The first-order valence-corrected chi connectivity index (χ1v) is 5.60. The summed E-state index contributed by atoms with van der Waals surface area (Å²) in [6.07, 6.45) is 0. The largest absolute Gasteiger partial charge is 0.324 e. The van der Waals surface area contributed by atoms with Crippen molar-refractivity contribution in [1.82, 2.24) is 15.3 Å². The summed E-state index contributed by atoms with van der Waals surface area (Å²) < 4.78 is 0. The van der Waals surface area contributed by atoms with Gasteiger partial charge in [-0.15, -0.1) is 0 Å². The van der Waals surface area contributed by atoms with E-state index in [0.29, 0.717) is 0 Å². The third-order valence-electron chi connectivity index (χ3n) is 2.91. The SMILES string of the molecule is CNC(c1ccc2[nH]c(=O)[nH]c2c1)C(C)(C)N. The van der Waals surface area contributed by atoms with Crippen molar-refractivity contribution >= 4 is 11.0 Å². The van der Waals surface area contributed by atoms with Gasteiger partial charge in [0, 0.05) is 11.6 Å². The van der Waals surface area contributed by atoms with Crippen LogP contribution in [0.1, 0.15) is 25.5 Å². The van der Waals surface area contributed by atoms with Crippen LogP contribution in [0.3, 0.4) is 0 Å². The number of H-pyrrole nitrogens is 2. The van der Waals surface area contributed by atoms with Gasteiger partial charge in [0.05, 0.1) is 11.0 Å². The zero-order chi connectivity index (χ0) is 12.6. The summed E-state index contributed by atoms with van der Waals surface area (Å²) in [4.78, 5) is 16.7. The number of aromatic amines is 2. The van der Waals surface area contributed by atoms with Gasteiger partial charge in [0.25, 0.3) is 0 Å². The van der Waals surface area contributed by atoms with Gasteiger partial charge in [0.1, 0.15) is 0 Å². The third kappa shape index (κ3) is 2.25. The van der Waals surface area contributed by atoms with Gasteiger partial charge in [0.2, 0.25) is 0 Å². The average molecular weight is 234 g/mol. The molecule has 92 valence electrons. The van der Waals surface area contributed by atoms with Crippen LogP contribution in [0.25, 0.3) is 11.0 Å². The van der Waals surface area contributed by atoms with Crippen LogP contribution in [0.2, 0.25) is 0 Å². The van der Waals surface area contributed by atoms with Crippen molar-refractivity contribution in [2.75, 3.05) is 7.05 Å². The normalized spacial score (nSPS) is 14.1. The number of nitrogens with two attached hydrogens (primary N) is 1. The van der Waals surface area contributed by atoms with Crippen LogP contribution in [0, 0.1) is 0 Å². The van der Waals surface area contributed by atoms with Gasteiger partial charge < -0.3 is 21.0 Å². The molecule has 2 rings (SSSR count). The van der Waals surface area contributed by atoms with E-state index in [-0.39, 0.29) is 17.3 Å². The standard InChI is InChI=1S/C12H18N4O/c1-12(2,13)10(14-3)7-4-5-8-9(6-7)16-11(17)15-8/h4-6,10,14H,13H2,1-3H3,(H2,15,16,17). The molecule has 0 amide bonds. The number of hydrogen-bond donors (Lipinski definition) is 4. The second-order valence-electron chi connectivity index (χ2n) is 4.93. The number of rotatable bonds is 3. The molecule has 5 heteroatoms. The molecule has 1 unspecified atom stereocenters. The molecule has 17 heavy (non-hydrogen) atoms. The molecule has 0 saturated carbocycles. The van der Waals surface area contributed by atoms with Gasteiger partial charge in [-0.05, 0) is 38.6 Å². The molecule has 0 aliphatic carbocycles. The van der Waals surface area contributed by atoms with E-state index < -0.39 is 0 Å². The second-order valence-corrected chi connectivity index (χ2v) is 4.93. The molecule has 0 bridgehead atoms. The molecule has 0 aliphatic heterocycles. The first-order chi connectivity index (χ1) is 7.91. The fourth-order valence-corrected chi connectivity index (χ4v) is 2.20.